The van der Waals surface area contributed by atoms with Gasteiger partial charge >= 0.3 is 5.97 Å². The molecule has 0 radical (unpaired) electrons. The van der Waals surface area contributed by atoms with E-state index in [2.05, 4.69) is 47.0 Å². The second-order valence-corrected chi connectivity index (χ2v) is 17.7. The molecule has 4 N–H and O–H groups in total. The highest BCUT2D eigenvalue weighted by atomic mass is 19.3. The molecule has 5 aromatic rings. The van der Waals surface area contributed by atoms with E-state index in [0.29, 0.717) is 30.4 Å². The maximum Gasteiger partial charge on any atom is 0.323 e. The number of amides is 2. The van der Waals surface area contributed by atoms with Crippen LogP contribution in [0, 0.1) is 11.8 Å². The number of anilines is 4. The second-order valence-electron chi connectivity index (χ2n) is 17.7. The number of rotatable bonds is 17. The molecular formula is C45H54F2N12O6. The Labute approximate surface area is 373 Å². The van der Waals surface area contributed by atoms with Crippen LogP contribution in [0.5, 0.6) is 0 Å². The number of ether oxygens (including phenoxy) is 1. The number of aliphatic carboxylic acids is 1. The van der Waals surface area contributed by atoms with Crippen LogP contribution in [0.3, 0.4) is 0 Å². The van der Waals surface area contributed by atoms with Crippen molar-refractivity contribution in [1.29, 1.82) is 0 Å². The number of hydrogen-bond donors (Lipinski definition) is 4. The molecule has 3 aliphatic heterocycles. The minimum absolute atomic E-state index is 0.0115. The van der Waals surface area contributed by atoms with Gasteiger partial charge in [0.1, 0.15) is 17.9 Å². The Morgan fingerprint density at radius 1 is 0.969 bits per heavy atom. The summed E-state index contributed by atoms with van der Waals surface area (Å²) in [5, 5.41) is 26.8. The van der Waals surface area contributed by atoms with Crippen LogP contribution in [0.1, 0.15) is 91.9 Å². The number of halogens is 2. The van der Waals surface area contributed by atoms with E-state index in [1.54, 1.807) is 10.9 Å². The van der Waals surface area contributed by atoms with Gasteiger partial charge in [0.15, 0.2) is 11.3 Å². The SMILES string of the molecule is O=C(O)Cn1cc(NC(=O)[C@H]2CCCN(c3cncc(CCCCNCC4CCC(n5cc(NC(=O)c6cnn7ccc(N8C[C@H]9C[C@@H]8CO9)nc67)c(C(F)F)n5)CC4)c3)C2)ccc1=O. The normalized spacial score (nSPS) is 21.9. The van der Waals surface area contributed by atoms with Gasteiger partial charge in [-0.25, -0.2) is 18.3 Å². The van der Waals surface area contributed by atoms with Crippen molar-refractivity contribution in [2.24, 2.45) is 11.8 Å². The first-order valence-electron chi connectivity index (χ1n) is 22.6. The van der Waals surface area contributed by atoms with E-state index in [9.17, 15) is 28.0 Å². The second kappa shape index (κ2) is 19.4. The van der Waals surface area contributed by atoms with Crippen LogP contribution in [-0.2, 0) is 27.3 Å². The highest BCUT2D eigenvalue weighted by Gasteiger charge is 2.40. The minimum atomic E-state index is -2.86. The number of carboxylic acids is 1. The van der Waals surface area contributed by atoms with Crippen molar-refractivity contribution in [3.63, 3.8) is 0 Å². The number of alkyl halides is 2. The molecular weight excluding hydrogens is 843 g/mol. The lowest BCUT2D eigenvalue weighted by Crippen LogP contribution is -2.41. The molecule has 2 bridgehead atoms. The van der Waals surface area contributed by atoms with Gasteiger partial charge in [0.2, 0.25) is 5.91 Å². The number of carboxylic acid groups (broad SMARTS) is 1. The van der Waals surface area contributed by atoms with E-state index < -0.39 is 36.1 Å². The van der Waals surface area contributed by atoms with Gasteiger partial charge in [-0.15, -0.1) is 0 Å². The first kappa shape index (κ1) is 43.9. The number of aryl methyl sites for hydroxylation is 1. The van der Waals surface area contributed by atoms with Crippen molar-refractivity contribution < 1.29 is 33.0 Å². The molecule has 0 aromatic carbocycles. The van der Waals surface area contributed by atoms with E-state index in [4.69, 9.17) is 14.8 Å². The molecule has 8 heterocycles. The molecule has 4 aliphatic rings. The monoisotopic (exact) mass is 896 g/mol. The summed E-state index contributed by atoms with van der Waals surface area (Å²) >= 11 is 0. The summed E-state index contributed by atoms with van der Waals surface area (Å²) in [6, 6.07) is 6.93. The van der Waals surface area contributed by atoms with E-state index >= 15 is 0 Å². The van der Waals surface area contributed by atoms with Crippen LogP contribution in [0.2, 0.25) is 0 Å². The standard InChI is InChI=1S/C45H54F2N12O6/c46-42(47)41-37(52-45(64)36-21-50-58-15-12-38(53-43(36)58)57-24-35-17-34(57)27-65-35)25-59(54-41)32-9-6-28(7-10-32)18-48-13-2-1-4-29-16-33(20-49-19-29)55-14-3-5-30(22-55)44(63)51-31-8-11-39(60)56(23-31)26-40(61)62/h8,11-12,15-16,19-21,23,25,28,30,32,34-35,42,48H,1-7,9-10,13-14,17-18,22,24,26-27H2,(H,51,63)(H,52,64)(H,61,62)/t28?,30-,32?,34+,35+/m0/s1. The predicted molar refractivity (Wildman–Crippen MR) is 237 cm³/mol. The Hall–Kier alpha value is -6.28. The average Bonchev–Trinajstić information content (AvgIpc) is 4.14. The number of morpholine rings is 1. The van der Waals surface area contributed by atoms with Gasteiger partial charge < -0.3 is 40.2 Å². The first-order chi connectivity index (χ1) is 31.5. The Morgan fingerprint density at radius 2 is 1.83 bits per heavy atom. The van der Waals surface area contributed by atoms with Crippen molar-refractivity contribution >= 4 is 46.3 Å². The molecule has 65 heavy (non-hydrogen) atoms. The average molecular weight is 897 g/mol. The van der Waals surface area contributed by atoms with E-state index in [0.717, 1.165) is 112 Å². The Balaban J connectivity index is 0.702. The molecule has 1 aliphatic carbocycles. The van der Waals surface area contributed by atoms with Crippen LogP contribution >= 0.6 is 0 Å². The molecule has 5 aromatic heterocycles. The fraction of sp³-hybridized carbons (Fsp3) is 0.511. The summed E-state index contributed by atoms with van der Waals surface area (Å²) in [7, 11) is 0. The molecule has 3 atom stereocenters. The van der Waals surface area contributed by atoms with Crippen LogP contribution in [0.25, 0.3) is 5.65 Å². The lowest BCUT2D eigenvalue weighted by molar-refractivity contribution is -0.137. The van der Waals surface area contributed by atoms with Crippen molar-refractivity contribution in [3.8, 4) is 0 Å². The number of hydrogen-bond acceptors (Lipinski definition) is 12. The van der Waals surface area contributed by atoms with Gasteiger partial charge in [0, 0.05) is 50.5 Å². The number of carbonyl (C=O) groups is 3. The van der Waals surface area contributed by atoms with Crippen LogP contribution in [-0.4, -0.2) is 108 Å². The summed E-state index contributed by atoms with van der Waals surface area (Å²) < 4.78 is 38.4. The molecule has 2 amide bonds. The van der Waals surface area contributed by atoms with Gasteiger partial charge in [0.05, 0.1) is 60.2 Å². The summed E-state index contributed by atoms with van der Waals surface area (Å²) in [6.07, 6.45) is 15.9. The Kier molecular flexibility index (Phi) is 13.1. The van der Waals surface area contributed by atoms with Crippen LogP contribution in [0.4, 0.5) is 31.7 Å². The van der Waals surface area contributed by atoms with Crippen LogP contribution in [0.15, 0.2) is 66.2 Å². The number of aromatic nitrogens is 7. The van der Waals surface area contributed by atoms with Crippen molar-refractivity contribution in [2.75, 3.05) is 59.8 Å². The lowest BCUT2D eigenvalue weighted by atomic mass is 9.86. The fourth-order valence-electron chi connectivity index (χ4n) is 9.73. The van der Waals surface area contributed by atoms with Gasteiger partial charge in [0.25, 0.3) is 17.9 Å². The molecule has 20 heteroatoms. The van der Waals surface area contributed by atoms with Crippen molar-refractivity contribution in [3.05, 3.63) is 88.6 Å². The molecule has 9 rings (SSSR count). The number of carbonyl (C=O) groups excluding carboxylic acids is 2. The summed E-state index contributed by atoms with van der Waals surface area (Å²) in [5.74, 6) is -0.972. The summed E-state index contributed by atoms with van der Waals surface area (Å²) in [5.41, 5.74) is 2.10. The molecule has 3 saturated heterocycles. The number of piperidine rings is 1. The number of unbranched alkanes of at least 4 members (excludes halogenated alkanes) is 1. The number of fused-ring (bicyclic) bond motifs is 3. The minimum Gasteiger partial charge on any atom is -0.480 e. The highest BCUT2D eigenvalue weighted by molar-refractivity contribution is 6.08. The number of nitrogens with one attached hydrogen (secondary N) is 3. The van der Waals surface area contributed by atoms with E-state index in [-0.39, 0.29) is 41.3 Å². The third-order valence-electron chi connectivity index (χ3n) is 13.2. The quantitative estimate of drug-likeness (QED) is 0.0915. The third kappa shape index (κ3) is 10.2. The number of pyridine rings is 2. The maximum atomic E-state index is 14.3. The molecule has 1 saturated carbocycles. The smallest absolute Gasteiger partial charge is 0.323 e. The summed E-state index contributed by atoms with van der Waals surface area (Å²) in [4.78, 5) is 63.4. The molecule has 18 nitrogen and oxygen atoms in total. The van der Waals surface area contributed by atoms with E-state index in [1.807, 2.05) is 18.5 Å². The highest BCUT2D eigenvalue weighted by Crippen LogP contribution is 2.36. The van der Waals surface area contributed by atoms with Gasteiger partial charge in [-0.05, 0) is 107 Å². The third-order valence-corrected chi connectivity index (χ3v) is 13.2. The van der Waals surface area contributed by atoms with E-state index in [1.165, 1.54) is 35.2 Å². The molecule has 0 unspecified atom stereocenters. The number of nitrogens with zero attached hydrogens (tertiary/aromatic N) is 9. The van der Waals surface area contributed by atoms with Crippen LogP contribution < -0.4 is 31.3 Å². The maximum absolute atomic E-state index is 14.3. The van der Waals surface area contributed by atoms with Gasteiger partial charge in [-0.1, -0.05) is 0 Å². The van der Waals surface area contributed by atoms with Crippen molar-refractivity contribution in [1.82, 2.24) is 39.2 Å². The fourth-order valence-corrected chi connectivity index (χ4v) is 9.73. The predicted octanol–water partition coefficient (Wildman–Crippen LogP) is 4.93. The zero-order valence-electron chi connectivity index (χ0n) is 36.0. The van der Waals surface area contributed by atoms with Gasteiger partial charge in [-0.3, -0.25) is 28.8 Å². The molecule has 0 spiro atoms. The van der Waals surface area contributed by atoms with Gasteiger partial charge in [-0.2, -0.15) is 10.2 Å². The molecule has 4 fully saturated rings. The zero-order valence-corrected chi connectivity index (χ0v) is 36.0. The van der Waals surface area contributed by atoms with Crippen molar-refractivity contribution in [2.45, 2.75) is 95.4 Å². The largest absolute Gasteiger partial charge is 0.480 e. The Morgan fingerprint density at radius 3 is 2.62 bits per heavy atom. The first-order valence-corrected chi connectivity index (χ1v) is 22.6. The Bertz CT molecular complexity index is 2570. The zero-order chi connectivity index (χ0) is 45.0. The molecule has 344 valence electrons. The topological polar surface area (TPSA) is 206 Å². The summed E-state index contributed by atoms with van der Waals surface area (Å²) in [6.45, 7) is 3.98. The lowest BCUT2D eigenvalue weighted by Gasteiger charge is -2.33.